The number of likely N-dealkylation sites (tertiary alicyclic amines) is 1. The molecule has 0 saturated carbocycles. The summed E-state index contributed by atoms with van der Waals surface area (Å²) in [4.78, 5) is 2.03. The monoisotopic (exact) mass is 237 g/mol. The lowest BCUT2D eigenvalue weighted by molar-refractivity contribution is 0.0102. The fourth-order valence-electron chi connectivity index (χ4n) is 2.70. The maximum absolute atomic E-state index is 10.1. The number of aliphatic hydroxyl groups is 2. The maximum atomic E-state index is 10.1. The summed E-state index contributed by atoms with van der Waals surface area (Å²) in [5, 5.41) is 28.8. The molecular weight excluding hydrogens is 218 g/mol. The first-order valence-electron chi connectivity index (χ1n) is 5.88. The van der Waals surface area contributed by atoms with Crippen LogP contribution < -0.4 is 0 Å². The van der Waals surface area contributed by atoms with Gasteiger partial charge in [0.2, 0.25) is 0 Å². The second-order valence-electron chi connectivity index (χ2n) is 4.85. The molecule has 94 valence electrons. The largest absolute Gasteiger partial charge is 0.508 e. The quantitative estimate of drug-likeness (QED) is 0.696. The van der Waals surface area contributed by atoms with Crippen LogP contribution in [-0.4, -0.2) is 53.1 Å². The molecule has 1 heterocycles. The number of nitrogens with zero attached hydrogens (tertiary/aromatic N) is 1. The van der Waals surface area contributed by atoms with Crippen LogP contribution in [0.3, 0.4) is 0 Å². The molecule has 0 spiro atoms. The molecule has 17 heavy (non-hydrogen) atoms. The molecule has 1 aromatic carbocycles. The van der Waals surface area contributed by atoms with Crippen LogP contribution in [0.15, 0.2) is 24.3 Å². The minimum absolute atomic E-state index is 0.0355. The number of aliphatic hydroxyl groups excluding tert-OH is 2. The topological polar surface area (TPSA) is 63.9 Å². The molecule has 4 heteroatoms. The van der Waals surface area contributed by atoms with E-state index in [9.17, 15) is 15.3 Å². The molecular formula is C13H19NO3. The summed E-state index contributed by atoms with van der Waals surface area (Å²) < 4.78 is 0. The Morgan fingerprint density at radius 3 is 2.47 bits per heavy atom. The summed E-state index contributed by atoms with van der Waals surface area (Å²) in [5.74, 6) is 0.196. The molecule has 1 fully saturated rings. The number of phenols is 1. The molecule has 4 nitrogen and oxygen atoms in total. The van der Waals surface area contributed by atoms with Gasteiger partial charge in [-0.15, -0.1) is 0 Å². The number of hydrogen-bond acceptors (Lipinski definition) is 4. The van der Waals surface area contributed by atoms with E-state index in [4.69, 9.17) is 0 Å². The molecule has 1 aliphatic heterocycles. The molecule has 3 unspecified atom stereocenters. The van der Waals surface area contributed by atoms with E-state index >= 15 is 0 Å². The third kappa shape index (κ3) is 2.60. The van der Waals surface area contributed by atoms with Crippen molar-refractivity contribution in [1.82, 2.24) is 4.90 Å². The first-order valence-corrected chi connectivity index (χ1v) is 5.88. The summed E-state index contributed by atoms with van der Waals surface area (Å²) in [6, 6.07) is 6.87. The van der Waals surface area contributed by atoms with Gasteiger partial charge in [-0.1, -0.05) is 12.1 Å². The minimum atomic E-state index is -0.476. The number of rotatable bonds is 2. The minimum Gasteiger partial charge on any atom is -0.508 e. The Bertz CT molecular complexity index is 365. The van der Waals surface area contributed by atoms with Crippen LogP contribution in [0.1, 0.15) is 11.5 Å². The molecule has 3 N–H and O–H groups in total. The summed E-state index contributed by atoms with van der Waals surface area (Å²) in [6.07, 6.45) is -0.476. The highest BCUT2D eigenvalue weighted by Gasteiger charge is 2.35. The number of benzene rings is 1. The van der Waals surface area contributed by atoms with Gasteiger partial charge in [-0.2, -0.15) is 0 Å². The number of phenolic OH excluding ortho intramolecular Hbond substituents is 1. The summed E-state index contributed by atoms with van der Waals surface area (Å²) in [7, 11) is 1.94. The molecule has 1 aromatic rings. The van der Waals surface area contributed by atoms with Crippen LogP contribution in [0.5, 0.6) is 5.75 Å². The molecule has 2 rings (SSSR count). The summed E-state index contributed by atoms with van der Waals surface area (Å²) >= 11 is 0. The highest BCUT2D eigenvalue weighted by Crippen LogP contribution is 2.33. The van der Waals surface area contributed by atoms with Crippen LogP contribution >= 0.6 is 0 Å². The van der Waals surface area contributed by atoms with Gasteiger partial charge in [0.1, 0.15) is 5.75 Å². The van der Waals surface area contributed by atoms with Crippen LogP contribution in [0.2, 0.25) is 0 Å². The molecule has 0 bridgehead atoms. The smallest absolute Gasteiger partial charge is 0.115 e. The van der Waals surface area contributed by atoms with E-state index in [0.29, 0.717) is 6.54 Å². The van der Waals surface area contributed by atoms with Crippen molar-refractivity contribution in [2.75, 3.05) is 26.7 Å². The van der Waals surface area contributed by atoms with Gasteiger partial charge >= 0.3 is 0 Å². The second kappa shape index (κ2) is 5.04. The third-order valence-corrected chi connectivity index (χ3v) is 3.48. The first-order chi connectivity index (χ1) is 8.11. The standard InChI is InChI=1S/C13H19NO3/c1-14-6-10(8-15)13(12(17)7-14)9-2-4-11(16)5-3-9/h2-5,10,12-13,15-17H,6-8H2,1H3. The van der Waals surface area contributed by atoms with E-state index in [1.165, 1.54) is 0 Å². The molecule has 1 saturated heterocycles. The lowest BCUT2D eigenvalue weighted by atomic mass is 9.79. The molecule has 3 atom stereocenters. The zero-order valence-electron chi connectivity index (χ0n) is 9.95. The molecule has 1 aliphatic rings. The molecule has 0 aliphatic carbocycles. The lowest BCUT2D eigenvalue weighted by Gasteiger charge is -2.39. The predicted molar refractivity (Wildman–Crippen MR) is 64.9 cm³/mol. The fraction of sp³-hybridized carbons (Fsp3) is 0.538. The van der Waals surface area contributed by atoms with Crippen molar-refractivity contribution >= 4 is 0 Å². The van der Waals surface area contributed by atoms with Crippen LogP contribution in [-0.2, 0) is 0 Å². The second-order valence-corrected chi connectivity index (χ2v) is 4.85. The fourth-order valence-corrected chi connectivity index (χ4v) is 2.70. The van der Waals surface area contributed by atoms with Gasteiger partial charge in [0, 0.05) is 31.5 Å². The lowest BCUT2D eigenvalue weighted by Crippen LogP contribution is -2.47. The number of hydrogen-bond donors (Lipinski definition) is 3. The van der Waals surface area contributed by atoms with E-state index in [0.717, 1.165) is 12.1 Å². The van der Waals surface area contributed by atoms with Crippen LogP contribution in [0, 0.1) is 5.92 Å². The Labute approximate surface area is 101 Å². The van der Waals surface area contributed by atoms with Crippen LogP contribution in [0.25, 0.3) is 0 Å². The highest BCUT2D eigenvalue weighted by molar-refractivity contribution is 5.30. The number of aromatic hydroxyl groups is 1. The normalized spacial score (nSPS) is 30.4. The van der Waals surface area contributed by atoms with Gasteiger partial charge in [0.05, 0.1) is 6.10 Å². The highest BCUT2D eigenvalue weighted by atomic mass is 16.3. The van der Waals surface area contributed by atoms with Crippen molar-refractivity contribution in [3.8, 4) is 5.75 Å². The Morgan fingerprint density at radius 1 is 1.24 bits per heavy atom. The molecule has 0 radical (unpaired) electrons. The Hall–Kier alpha value is -1.10. The van der Waals surface area contributed by atoms with Gasteiger partial charge in [0.25, 0.3) is 0 Å². The van der Waals surface area contributed by atoms with Crippen molar-refractivity contribution in [2.24, 2.45) is 5.92 Å². The molecule has 0 amide bonds. The SMILES string of the molecule is CN1CC(O)C(c2ccc(O)cc2)C(CO)C1. The average Bonchev–Trinajstić information content (AvgIpc) is 2.30. The zero-order valence-corrected chi connectivity index (χ0v) is 9.95. The zero-order chi connectivity index (χ0) is 12.4. The number of piperidine rings is 1. The van der Waals surface area contributed by atoms with E-state index < -0.39 is 6.10 Å². The van der Waals surface area contributed by atoms with Crippen molar-refractivity contribution in [1.29, 1.82) is 0 Å². The van der Waals surface area contributed by atoms with Crippen molar-refractivity contribution in [3.63, 3.8) is 0 Å². The molecule has 0 aromatic heterocycles. The van der Waals surface area contributed by atoms with Crippen molar-refractivity contribution in [2.45, 2.75) is 12.0 Å². The third-order valence-electron chi connectivity index (χ3n) is 3.48. The van der Waals surface area contributed by atoms with Crippen molar-refractivity contribution in [3.05, 3.63) is 29.8 Å². The summed E-state index contributed by atoms with van der Waals surface area (Å²) in [6.45, 7) is 1.45. The number of likely N-dealkylation sites (N-methyl/N-ethyl adjacent to an activating group) is 1. The van der Waals surface area contributed by atoms with Gasteiger partial charge < -0.3 is 20.2 Å². The van der Waals surface area contributed by atoms with E-state index in [-0.39, 0.29) is 24.2 Å². The van der Waals surface area contributed by atoms with E-state index in [2.05, 4.69) is 0 Å². The van der Waals surface area contributed by atoms with Gasteiger partial charge in [0.15, 0.2) is 0 Å². The summed E-state index contributed by atoms with van der Waals surface area (Å²) in [5.41, 5.74) is 0.974. The Morgan fingerprint density at radius 2 is 1.88 bits per heavy atom. The first kappa shape index (κ1) is 12.4. The van der Waals surface area contributed by atoms with Crippen molar-refractivity contribution < 1.29 is 15.3 Å². The Balaban J connectivity index is 2.24. The number of β-amino-alcohol motifs (C(OH)–C–C–N with tert-alkyl or cyclic N) is 1. The van der Waals surface area contributed by atoms with Gasteiger partial charge in [-0.3, -0.25) is 0 Å². The van der Waals surface area contributed by atoms with E-state index in [1.807, 2.05) is 24.1 Å². The Kier molecular flexibility index (Phi) is 3.66. The predicted octanol–water partition coefficient (Wildman–Crippen LogP) is 0.391. The van der Waals surface area contributed by atoms with E-state index in [1.54, 1.807) is 12.1 Å². The van der Waals surface area contributed by atoms with Crippen LogP contribution in [0.4, 0.5) is 0 Å². The average molecular weight is 237 g/mol. The van der Waals surface area contributed by atoms with Gasteiger partial charge in [-0.05, 0) is 24.7 Å². The maximum Gasteiger partial charge on any atom is 0.115 e. The van der Waals surface area contributed by atoms with Gasteiger partial charge in [-0.25, -0.2) is 0 Å².